The molecule has 182 valence electrons. The minimum atomic E-state index is -0.402. The standard InChI is InChI=1S/C30H50O2/c1-25(2)13-14-27(5)15-16-28(6)19(20(27)18-25)9-10-22-29(28,7)12-11-21-26(3,4)23(31)17-24(32)30(21,22)8/h9,20-24,31-32H,10-18H2,1-8H3/t20-,21-,22-,23-,24-,27+,28+,29+,30-/m0/s1. The van der Waals surface area contributed by atoms with E-state index in [4.69, 9.17) is 0 Å². The van der Waals surface area contributed by atoms with Crippen molar-refractivity contribution >= 4 is 0 Å². The summed E-state index contributed by atoms with van der Waals surface area (Å²) in [5.74, 6) is 1.60. The van der Waals surface area contributed by atoms with Crippen molar-refractivity contribution in [3.05, 3.63) is 11.6 Å². The predicted octanol–water partition coefficient (Wildman–Crippen LogP) is 7.14. The van der Waals surface area contributed by atoms with Gasteiger partial charge in [0.15, 0.2) is 0 Å². The molecule has 0 unspecified atom stereocenters. The molecule has 0 heterocycles. The minimum absolute atomic E-state index is 0.118. The number of hydrogen-bond acceptors (Lipinski definition) is 2. The van der Waals surface area contributed by atoms with Crippen LogP contribution in [0.25, 0.3) is 0 Å². The molecule has 2 N–H and O–H groups in total. The van der Waals surface area contributed by atoms with E-state index in [1.165, 1.54) is 38.5 Å². The molecule has 0 aromatic rings. The molecule has 0 saturated heterocycles. The van der Waals surface area contributed by atoms with Gasteiger partial charge in [-0.2, -0.15) is 0 Å². The number of aliphatic hydroxyl groups excluding tert-OH is 2. The molecule has 0 aliphatic heterocycles. The second-order valence-corrected chi connectivity index (χ2v) is 15.3. The Morgan fingerprint density at radius 2 is 1.44 bits per heavy atom. The summed E-state index contributed by atoms with van der Waals surface area (Å²) in [5, 5.41) is 22.4. The van der Waals surface area contributed by atoms with Crippen LogP contribution in [0.15, 0.2) is 11.6 Å². The van der Waals surface area contributed by atoms with Crippen LogP contribution in [-0.2, 0) is 0 Å². The summed E-state index contributed by atoms with van der Waals surface area (Å²) in [6, 6.07) is 0. The van der Waals surface area contributed by atoms with Crippen molar-refractivity contribution in [1.82, 2.24) is 0 Å². The summed E-state index contributed by atoms with van der Waals surface area (Å²) in [6.07, 6.45) is 12.7. The smallest absolute Gasteiger partial charge is 0.0624 e. The van der Waals surface area contributed by atoms with Crippen LogP contribution in [0.2, 0.25) is 0 Å². The highest BCUT2D eigenvalue weighted by Gasteiger charge is 2.69. The van der Waals surface area contributed by atoms with Crippen molar-refractivity contribution in [2.24, 2.45) is 50.2 Å². The maximum Gasteiger partial charge on any atom is 0.0624 e. The van der Waals surface area contributed by atoms with Gasteiger partial charge in [0.25, 0.3) is 0 Å². The Hall–Kier alpha value is -0.340. The van der Waals surface area contributed by atoms with Crippen LogP contribution in [0.3, 0.4) is 0 Å². The van der Waals surface area contributed by atoms with E-state index in [9.17, 15) is 10.2 Å². The Labute approximate surface area is 197 Å². The molecule has 2 heteroatoms. The van der Waals surface area contributed by atoms with Gasteiger partial charge in [0.05, 0.1) is 12.2 Å². The number of rotatable bonds is 0. The van der Waals surface area contributed by atoms with Gasteiger partial charge in [-0.3, -0.25) is 0 Å². The first kappa shape index (κ1) is 23.4. The van der Waals surface area contributed by atoms with E-state index in [1.54, 1.807) is 5.57 Å². The van der Waals surface area contributed by atoms with Crippen molar-refractivity contribution < 1.29 is 10.2 Å². The lowest BCUT2D eigenvalue weighted by atomic mass is 9.33. The summed E-state index contributed by atoms with van der Waals surface area (Å²) < 4.78 is 0. The summed E-state index contributed by atoms with van der Waals surface area (Å²) in [6.45, 7) is 19.7. The Balaban J connectivity index is 1.60. The molecule has 0 bridgehead atoms. The fourth-order valence-corrected chi connectivity index (χ4v) is 10.4. The minimum Gasteiger partial charge on any atom is -0.392 e. The second kappa shape index (κ2) is 6.66. The van der Waals surface area contributed by atoms with Crippen molar-refractivity contribution in [3.8, 4) is 0 Å². The third-order valence-electron chi connectivity index (χ3n) is 13.2. The highest BCUT2D eigenvalue weighted by molar-refractivity contribution is 5.33. The molecular formula is C30H50O2. The average Bonchev–Trinajstić information content (AvgIpc) is 2.68. The van der Waals surface area contributed by atoms with E-state index < -0.39 is 12.2 Å². The lowest BCUT2D eigenvalue weighted by Gasteiger charge is -2.72. The fraction of sp³-hybridized carbons (Fsp3) is 0.933. The summed E-state index contributed by atoms with van der Waals surface area (Å²) in [4.78, 5) is 0. The van der Waals surface area contributed by atoms with Crippen LogP contribution in [0, 0.1) is 50.2 Å². The number of fused-ring (bicyclic) bond motifs is 7. The van der Waals surface area contributed by atoms with Gasteiger partial charge in [-0.25, -0.2) is 0 Å². The second-order valence-electron chi connectivity index (χ2n) is 15.3. The van der Waals surface area contributed by atoms with Crippen LogP contribution < -0.4 is 0 Å². The SMILES string of the molecule is CC1(C)CC[C@]2(C)CC[C@]3(C)C(=CC[C@@H]4[C@@]5(C)[C@@H](O)C[C@H](O)C(C)(C)[C@@H]5CC[C@]43C)[C@@H]2C1. The molecule has 0 aromatic heterocycles. The largest absolute Gasteiger partial charge is 0.392 e. The van der Waals surface area contributed by atoms with Crippen LogP contribution in [0.5, 0.6) is 0 Å². The molecular weight excluding hydrogens is 392 g/mol. The number of aliphatic hydroxyl groups is 2. The molecule has 2 nitrogen and oxygen atoms in total. The summed E-state index contributed by atoms with van der Waals surface area (Å²) >= 11 is 0. The molecule has 5 aliphatic rings. The van der Waals surface area contributed by atoms with E-state index in [1.807, 2.05) is 0 Å². The van der Waals surface area contributed by atoms with Crippen molar-refractivity contribution in [2.75, 3.05) is 0 Å². The lowest BCUT2D eigenvalue weighted by Crippen LogP contribution is -2.68. The number of allylic oxidation sites excluding steroid dienone is 2. The van der Waals surface area contributed by atoms with Gasteiger partial charge in [-0.05, 0) is 96.2 Å². The summed E-state index contributed by atoms with van der Waals surface area (Å²) in [5.41, 5.74) is 2.94. The van der Waals surface area contributed by atoms with Crippen LogP contribution in [0.1, 0.15) is 113 Å². The van der Waals surface area contributed by atoms with Crippen molar-refractivity contribution in [3.63, 3.8) is 0 Å². The molecule has 0 amide bonds. The van der Waals surface area contributed by atoms with E-state index in [0.29, 0.717) is 29.1 Å². The molecule has 0 aromatic carbocycles. The highest BCUT2D eigenvalue weighted by Crippen LogP contribution is 2.75. The van der Waals surface area contributed by atoms with Gasteiger partial charge in [0, 0.05) is 11.8 Å². The van der Waals surface area contributed by atoms with Crippen LogP contribution in [-0.4, -0.2) is 22.4 Å². The van der Waals surface area contributed by atoms with E-state index in [-0.39, 0.29) is 21.7 Å². The predicted molar refractivity (Wildman–Crippen MR) is 132 cm³/mol. The zero-order chi connectivity index (χ0) is 23.5. The molecule has 0 radical (unpaired) electrons. The van der Waals surface area contributed by atoms with Gasteiger partial charge in [-0.1, -0.05) is 67.0 Å². The highest BCUT2D eigenvalue weighted by atomic mass is 16.3. The molecule has 5 aliphatic carbocycles. The first-order valence-corrected chi connectivity index (χ1v) is 13.7. The number of hydrogen-bond donors (Lipinski definition) is 2. The fourth-order valence-electron chi connectivity index (χ4n) is 10.4. The Morgan fingerprint density at radius 3 is 2.12 bits per heavy atom. The third kappa shape index (κ3) is 2.72. The van der Waals surface area contributed by atoms with Crippen molar-refractivity contribution in [2.45, 2.75) is 125 Å². The Bertz CT molecular complexity index is 825. The zero-order valence-electron chi connectivity index (χ0n) is 22.2. The maximum absolute atomic E-state index is 11.5. The van der Waals surface area contributed by atoms with Gasteiger partial charge in [0.2, 0.25) is 0 Å². The van der Waals surface area contributed by atoms with E-state index >= 15 is 0 Å². The Kier molecular flexibility index (Phi) is 4.87. The molecule has 5 rings (SSSR count). The van der Waals surface area contributed by atoms with Gasteiger partial charge in [0.1, 0.15) is 0 Å². The quantitative estimate of drug-likeness (QED) is 0.391. The molecule has 4 fully saturated rings. The lowest BCUT2D eigenvalue weighted by molar-refractivity contribution is -0.243. The van der Waals surface area contributed by atoms with Crippen molar-refractivity contribution in [1.29, 1.82) is 0 Å². The van der Waals surface area contributed by atoms with Gasteiger partial charge < -0.3 is 10.2 Å². The normalized spacial score (nSPS) is 56.2. The van der Waals surface area contributed by atoms with E-state index in [2.05, 4.69) is 61.5 Å². The third-order valence-corrected chi connectivity index (χ3v) is 13.2. The van der Waals surface area contributed by atoms with E-state index in [0.717, 1.165) is 18.8 Å². The molecule has 32 heavy (non-hydrogen) atoms. The summed E-state index contributed by atoms with van der Waals surface area (Å²) in [7, 11) is 0. The maximum atomic E-state index is 11.5. The first-order valence-electron chi connectivity index (χ1n) is 13.7. The van der Waals surface area contributed by atoms with Crippen LogP contribution >= 0.6 is 0 Å². The molecule has 0 spiro atoms. The molecule has 9 atom stereocenters. The van der Waals surface area contributed by atoms with Crippen LogP contribution in [0.4, 0.5) is 0 Å². The van der Waals surface area contributed by atoms with Gasteiger partial charge in [-0.15, -0.1) is 0 Å². The average molecular weight is 443 g/mol. The molecule has 4 saturated carbocycles. The Morgan fingerprint density at radius 1 is 0.781 bits per heavy atom. The monoisotopic (exact) mass is 442 g/mol. The first-order chi connectivity index (χ1) is 14.6. The van der Waals surface area contributed by atoms with Gasteiger partial charge >= 0.3 is 0 Å². The zero-order valence-corrected chi connectivity index (χ0v) is 22.2. The topological polar surface area (TPSA) is 40.5 Å².